The highest BCUT2D eigenvalue weighted by Crippen LogP contribution is 2.26. The third-order valence-corrected chi connectivity index (χ3v) is 4.26. The number of amides is 1. The Hall–Kier alpha value is -4.28. The number of nitrogens with zero attached hydrogens (tertiary/aromatic N) is 6. The van der Waals surface area contributed by atoms with E-state index in [-0.39, 0.29) is 17.3 Å². The summed E-state index contributed by atoms with van der Waals surface area (Å²) >= 11 is 0. The normalized spacial score (nSPS) is 11.2. The summed E-state index contributed by atoms with van der Waals surface area (Å²) in [5, 5.41) is 20.9. The lowest BCUT2D eigenvalue weighted by Crippen LogP contribution is -2.23. The van der Waals surface area contributed by atoms with Gasteiger partial charge in [0.25, 0.3) is 5.91 Å². The molecule has 0 saturated carbocycles. The highest BCUT2D eigenvalue weighted by molar-refractivity contribution is 6.03. The number of benzene rings is 2. The van der Waals surface area contributed by atoms with E-state index in [0.717, 1.165) is 21.0 Å². The summed E-state index contributed by atoms with van der Waals surface area (Å²) in [5.41, 5.74) is 9.35. The number of aryl methyl sites for hydroxylation is 1. The number of ether oxygens (including phenoxy) is 1. The van der Waals surface area contributed by atoms with Gasteiger partial charge in [-0.15, -0.1) is 5.10 Å². The summed E-state index contributed by atoms with van der Waals surface area (Å²) in [7, 11) is 1.57. The van der Waals surface area contributed by atoms with Gasteiger partial charge >= 0.3 is 0 Å². The number of anilines is 1. The molecule has 11 nitrogen and oxygen atoms in total. The number of hydrogen-bond acceptors (Lipinski definition) is 9. The van der Waals surface area contributed by atoms with E-state index < -0.39 is 5.91 Å². The summed E-state index contributed by atoms with van der Waals surface area (Å²) in [6, 6.07) is 11.6. The third kappa shape index (κ3) is 3.25. The number of methoxy groups -OCH3 is 1. The predicted octanol–water partition coefficient (Wildman–Crippen LogP) is 1.47. The van der Waals surface area contributed by atoms with Gasteiger partial charge in [-0.1, -0.05) is 35.5 Å². The molecular formula is C18H16N8O3. The maximum Gasteiger partial charge on any atom is 0.292 e. The van der Waals surface area contributed by atoms with Crippen LogP contribution in [0.2, 0.25) is 0 Å². The fraction of sp³-hybridized carbons (Fsp3) is 0.111. The zero-order valence-electron chi connectivity index (χ0n) is 15.5. The topological polar surface area (TPSA) is 146 Å². The third-order valence-electron chi connectivity index (χ3n) is 4.26. The van der Waals surface area contributed by atoms with Gasteiger partial charge in [-0.05, 0) is 34.1 Å². The van der Waals surface area contributed by atoms with Crippen LogP contribution in [0.15, 0.2) is 46.1 Å². The van der Waals surface area contributed by atoms with Crippen LogP contribution in [0.4, 0.5) is 5.82 Å². The Labute approximate surface area is 164 Å². The Morgan fingerprint density at radius 1 is 1.28 bits per heavy atom. The second kappa shape index (κ2) is 7.38. The molecule has 0 unspecified atom stereocenters. The Balaban J connectivity index is 1.64. The maximum atomic E-state index is 12.7. The number of hydrogen-bond donors (Lipinski definition) is 2. The van der Waals surface area contributed by atoms with Crippen LogP contribution in [0.5, 0.6) is 5.75 Å². The largest absolute Gasteiger partial charge is 0.496 e. The van der Waals surface area contributed by atoms with Crippen LogP contribution in [0, 0.1) is 6.92 Å². The highest BCUT2D eigenvalue weighted by Gasteiger charge is 2.22. The Morgan fingerprint density at radius 3 is 2.86 bits per heavy atom. The van der Waals surface area contributed by atoms with E-state index in [4.69, 9.17) is 10.5 Å². The van der Waals surface area contributed by atoms with Crippen molar-refractivity contribution >= 4 is 28.7 Å². The minimum absolute atomic E-state index is 0.0204. The number of hydrazone groups is 1. The molecule has 29 heavy (non-hydrogen) atoms. The minimum atomic E-state index is -0.551. The van der Waals surface area contributed by atoms with E-state index in [1.807, 2.05) is 36.4 Å². The molecule has 2 aromatic heterocycles. The van der Waals surface area contributed by atoms with E-state index in [9.17, 15) is 4.79 Å². The van der Waals surface area contributed by atoms with E-state index >= 15 is 0 Å². The highest BCUT2D eigenvalue weighted by atomic mass is 16.6. The first-order valence-electron chi connectivity index (χ1n) is 8.50. The van der Waals surface area contributed by atoms with Crippen LogP contribution in [0.3, 0.4) is 0 Å². The monoisotopic (exact) mass is 392 g/mol. The van der Waals surface area contributed by atoms with Gasteiger partial charge in [0.15, 0.2) is 5.69 Å². The zero-order valence-corrected chi connectivity index (χ0v) is 15.5. The summed E-state index contributed by atoms with van der Waals surface area (Å²) in [5.74, 6) is 0.125. The van der Waals surface area contributed by atoms with Gasteiger partial charge in [0.2, 0.25) is 11.6 Å². The molecule has 11 heteroatoms. The number of carbonyl (C=O) groups is 1. The number of rotatable bonds is 5. The second-order valence-electron chi connectivity index (χ2n) is 6.01. The Bertz CT molecular complexity index is 1230. The first-order valence-corrected chi connectivity index (χ1v) is 8.50. The number of nitrogens with one attached hydrogen (secondary N) is 1. The van der Waals surface area contributed by atoms with Crippen molar-refractivity contribution < 1.29 is 14.2 Å². The fourth-order valence-electron chi connectivity index (χ4n) is 2.90. The Kier molecular flexibility index (Phi) is 4.61. The Morgan fingerprint density at radius 2 is 2.10 bits per heavy atom. The van der Waals surface area contributed by atoms with Crippen molar-refractivity contribution in [2.45, 2.75) is 6.92 Å². The molecule has 2 aromatic carbocycles. The van der Waals surface area contributed by atoms with Crippen LogP contribution >= 0.6 is 0 Å². The van der Waals surface area contributed by atoms with Crippen LogP contribution in [0.1, 0.15) is 21.7 Å². The van der Waals surface area contributed by atoms with E-state index in [1.165, 1.54) is 6.21 Å². The van der Waals surface area contributed by atoms with Gasteiger partial charge in [0, 0.05) is 5.56 Å². The number of fused-ring (bicyclic) bond motifs is 1. The van der Waals surface area contributed by atoms with Gasteiger partial charge in [0.05, 0.1) is 19.0 Å². The lowest BCUT2D eigenvalue weighted by atomic mass is 10.0. The molecule has 1 amide bonds. The molecule has 0 aliphatic carbocycles. The van der Waals surface area contributed by atoms with Crippen molar-refractivity contribution in [1.82, 2.24) is 30.7 Å². The summed E-state index contributed by atoms with van der Waals surface area (Å²) in [6.45, 7) is 1.62. The molecule has 0 spiro atoms. The van der Waals surface area contributed by atoms with E-state index in [2.05, 4.69) is 35.8 Å². The molecule has 0 radical (unpaired) electrons. The maximum absolute atomic E-state index is 12.7. The van der Waals surface area contributed by atoms with Crippen molar-refractivity contribution in [3.63, 3.8) is 0 Å². The standard InChI is InChI=1S/C18H16N8O3/c1-10-15(26(25-21-10)17-16(19)23-29-24-17)18(27)22-20-9-13-12-6-4-3-5-11(12)7-8-14(13)28-2/h3-9H,1-2H3,(H2,19,23)(H,22,27)/b20-9+. The molecule has 146 valence electrons. The second-order valence-corrected chi connectivity index (χ2v) is 6.01. The van der Waals surface area contributed by atoms with Crippen molar-refractivity contribution in [2.75, 3.05) is 12.8 Å². The van der Waals surface area contributed by atoms with Crippen LogP contribution in [0.25, 0.3) is 16.6 Å². The molecule has 4 rings (SSSR count). The molecule has 4 aromatic rings. The van der Waals surface area contributed by atoms with Crippen molar-refractivity contribution in [3.8, 4) is 11.6 Å². The molecule has 0 aliphatic rings. The first-order chi connectivity index (χ1) is 14.1. The molecule has 0 aliphatic heterocycles. The average molecular weight is 392 g/mol. The number of nitrogens with two attached hydrogens (primary N) is 1. The molecule has 0 bridgehead atoms. The molecule has 2 heterocycles. The molecular weight excluding hydrogens is 376 g/mol. The quantitative estimate of drug-likeness (QED) is 0.383. The molecule has 3 N–H and O–H groups in total. The summed E-state index contributed by atoms with van der Waals surface area (Å²) in [6.07, 6.45) is 1.52. The van der Waals surface area contributed by atoms with Gasteiger partial charge in [0.1, 0.15) is 5.75 Å². The van der Waals surface area contributed by atoms with E-state index in [1.54, 1.807) is 14.0 Å². The molecule has 0 fully saturated rings. The first kappa shape index (κ1) is 18.1. The smallest absolute Gasteiger partial charge is 0.292 e. The summed E-state index contributed by atoms with van der Waals surface area (Å²) in [4.78, 5) is 12.7. The number of aromatic nitrogens is 5. The van der Waals surface area contributed by atoms with Gasteiger partial charge < -0.3 is 10.5 Å². The van der Waals surface area contributed by atoms with Crippen LogP contribution in [-0.4, -0.2) is 44.5 Å². The minimum Gasteiger partial charge on any atom is -0.496 e. The average Bonchev–Trinajstić information content (AvgIpc) is 3.32. The summed E-state index contributed by atoms with van der Waals surface area (Å²) < 4.78 is 11.1. The van der Waals surface area contributed by atoms with Crippen LogP contribution < -0.4 is 15.9 Å². The zero-order chi connectivity index (χ0) is 20.4. The lowest BCUT2D eigenvalue weighted by Gasteiger charge is -2.08. The van der Waals surface area contributed by atoms with Gasteiger partial charge in [-0.2, -0.15) is 9.78 Å². The van der Waals surface area contributed by atoms with Crippen molar-refractivity contribution in [1.29, 1.82) is 0 Å². The SMILES string of the molecule is COc1ccc2ccccc2c1/C=N/NC(=O)c1c(C)nnn1-c1nonc1N. The lowest BCUT2D eigenvalue weighted by molar-refractivity contribution is 0.0946. The predicted molar refractivity (Wildman–Crippen MR) is 104 cm³/mol. The van der Waals surface area contributed by atoms with Crippen LogP contribution in [-0.2, 0) is 0 Å². The molecule has 0 atom stereocenters. The van der Waals surface area contributed by atoms with Crippen molar-refractivity contribution in [3.05, 3.63) is 53.3 Å². The number of carbonyl (C=O) groups excluding carboxylic acids is 1. The van der Waals surface area contributed by atoms with E-state index in [0.29, 0.717) is 11.4 Å². The molecule has 0 saturated heterocycles. The van der Waals surface area contributed by atoms with Gasteiger partial charge in [-0.25, -0.2) is 10.1 Å². The van der Waals surface area contributed by atoms with Gasteiger partial charge in [-0.3, -0.25) is 4.79 Å². The van der Waals surface area contributed by atoms with Crippen molar-refractivity contribution in [2.24, 2.45) is 5.10 Å². The fourth-order valence-corrected chi connectivity index (χ4v) is 2.90. The number of nitrogen functional groups attached to an aromatic ring is 1.